The second-order valence-corrected chi connectivity index (χ2v) is 8.06. The molecule has 7 nitrogen and oxygen atoms in total. The number of fused-ring (bicyclic) bond motifs is 1. The van der Waals surface area contributed by atoms with Crippen LogP contribution in [0.5, 0.6) is 5.75 Å². The number of ether oxygens (including phenoxy) is 1. The average molecular weight is 426 g/mol. The highest BCUT2D eigenvalue weighted by atomic mass is 19.1. The molecule has 1 fully saturated rings. The zero-order valence-electron chi connectivity index (χ0n) is 17.9. The van der Waals surface area contributed by atoms with Gasteiger partial charge in [-0.15, -0.1) is 0 Å². The van der Waals surface area contributed by atoms with E-state index < -0.39 is 5.67 Å². The lowest BCUT2D eigenvalue weighted by Gasteiger charge is -2.31. The Bertz CT molecular complexity index is 999. The van der Waals surface area contributed by atoms with Crippen LogP contribution in [0, 0.1) is 0 Å². The fourth-order valence-corrected chi connectivity index (χ4v) is 4.17. The van der Waals surface area contributed by atoms with Crippen molar-refractivity contribution in [2.45, 2.75) is 32.0 Å². The van der Waals surface area contributed by atoms with Crippen molar-refractivity contribution < 1.29 is 18.7 Å². The fourth-order valence-electron chi connectivity index (χ4n) is 4.17. The average Bonchev–Trinajstić information content (AvgIpc) is 3.20. The number of halogens is 1. The van der Waals surface area contributed by atoms with Gasteiger partial charge in [0.15, 0.2) is 11.6 Å². The van der Waals surface area contributed by atoms with Crippen molar-refractivity contribution in [2.24, 2.45) is 0 Å². The number of benzene rings is 1. The SMILES string of the molecule is CCC1(F)CCN(C(=O)c2cnc3c(c2)OCCN3c2ccc(C=O)c(CNC)c2)C1. The van der Waals surface area contributed by atoms with Crippen LogP contribution in [0.4, 0.5) is 15.9 Å². The van der Waals surface area contributed by atoms with E-state index in [1.165, 1.54) is 6.20 Å². The number of hydrogen-bond acceptors (Lipinski definition) is 6. The number of rotatable bonds is 6. The molecule has 1 saturated heterocycles. The molecule has 2 aliphatic rings. The summed E-state index contributed by atoms with van der Waals surface area (Å²) >= 11 is 0. The molecule has 1 aromatic carbocycles. The van der Waals surface area contributed by atoms with Gasteiger partial charge in [0, 0.05) is 37.0 Å². The molecule has 0 radical (unpaired) electrons. The third-order valence-corrected chi connectivity index (χ3v) is 6.07. The Hall–Kier alpha value is -3.00. The van der Waals surface area contributed by atoms with Crippen molar-refractivity contribution in [3.05, 3.63) is 47.2 Å². The third kappa shape index (κ3) is 4.12. The standard InChI is InChI=1S/C23H27FN4O3/c1-3-23(24)6-7-27(15-23)22(30)18-11-20-21(26-13-18)28(8-9-31-20)19-5-4-16(14-29)17(10-19)12-25-2/h4-5,10-11,13-14,25H,3,6-9,12,15H2,1-2H3. The number of likely N-dealkylation sites (tertiary alicyclic amines) is 1. The highest BCUT2D eigenvalue weighted by molar-refractivity contribution is 5.95. The summed E-state index contributed by atoms with van der Waals surface area (Å²) in [4.78, 5) is 32.3. The van der Waals surface area contributed by atoms with Gasteiger partial charge in [-0.1, -0.05) is 6.92 Å². The van der Waals surface area contributed by atoms with E-state index in [1.54, 1.807) is 24.0 Å². The Morgan fingerprint density at radius 1 is 1.35 bits per heavy atom. The lowest BCUT2D eigenvalue weighted by molar-refractivity contribution is 0.0748. The van der Waals surface area contributed by atoms with Crippen LogP contribution < -0.4 is 15.0 Å². The fraction of sp³-hybridized carbons (Fsp3) is 0.435. The summed E-state index contributed by atoms with van der Waals surface area (Å²) in [5, 5.41) is 3.08. The quantitative estimate of drug-likeness (QED) is 0.716. The van der Waals surface area contributed by atoms with Crippen LogP contribution in [-0.4, -0.2) is 61.0 Å². The predicted molar refractivity (Wildman–Crippen MR) is 116 cm³/mol. The number of alkyl halides is 1. The lowest BCUT2D eigenvalue weighted by atomic mass is 10.0. The highest BCUT2D eigenvalue weighted by Crippen LogP contribution is 2.37. The summed E-state index contributed by atoms with van der Waals surface area (Å²) in [5.74, 6) is 0.912. The van der Waals surface area contributed by atoms with Crippen LogP contribution in [0.2, 0.25) is 0 Å². The van der Waals surface area contributed by atoms with Crippen molar-refractivity contribution in [1.82, 2.24) is 15.2 Å². The van der Waals surface area contributed by atoms with E-state index in [2.05, 4.69) is 10.3 Å². The molecule has 3 heterocycles. The summed E-state index contributed by atoms with van der Waals surface area (Å²) in [6.45, 7) is 3.94. The van der Waals surface area contributed by atoms with E-state index in [-0.39, 0.29) is 12.5 Å². The van der Waals surface area contributed by atoms with Crippen molar-refractivity contribution in [1.29, 1.82) is 0 Å². The van der Waals surface area contributed by atoms with Crippen LogP contribution >= 0.6 is 0 Å². The molecule has 1 atom stereocenters. The maximum Gasteiger partial charge on any atom is 0.255 e. The Morgan fingerprint density at radius 3 is 2.90 bits per heavy atom. The summed E-state index contributed by atoms with van der Waals surface area (Å²) < 4.78 is 20.4. The lowest BCUT2D eigenvalue weighted by Crippen LogP contribution is -2.34. The number of nitrogens with one attached hydrogen (secondary N) is 1. The molecular weight excluding hydrogens is 399 g/mol. The molecular formula is C23H27FN4O3. The van der Waals surface area contributed by atoms with Crippen LogP contribution in [0.3, 0.4) is 0 Å². The van der Waals surface area contributed by atoms with Gasteiger partial charge in [-0.05, 0) is 43.3 Å². The van der Waals surface area contributed by atoms with Gasteiger partial charge >= 0.3 is 0 Å². The molecule has 4 rings (SSSR count). The first kappa shape index (κ1) is 21.2. The van der Waals surface area contributed by atoms with E-state index in [1.807, 2.05) is 24.1 Å². The Kier molecular flexibility index (Phi) is 5.91. The number of carbonyl (C=O) groups excluding carboxylic acids is 2. The van der Waals surface area contributed by atoms with E-state index >= 15 is 0 Å². The largest absolute Gasteiger partial charge is 0.488 e. The molecule has 0 saturated carbocycles. The molecule has 1 N–H and O–H groups in total. The monoisotopic (exact) mass is 426 g/mol. The number of aromatic nitrogens is 1. The molecule has 2 aromatic rings. The van der Waals surface area contributed by atoms with Gasteiger partial charge < -0.3 is 19.9 Å². The Balaban J connectivity index is 1.60. The van der Waals surface area contributed by atoms with E-state index in [0.717, 1.165) is 17.5 Å². The molecule has 1 unspecified atom stereocenters. The minimum Gasteiger partial charge on any atom is -0.488 e. The van der Waals surface area contributed by atoms with E-state index in [9.17, 15) is 14.0 Å². The van der Waals surface area contributed by atoms with Gasteiger partial charge in [0.2, 0.25) is 0 Å². The van der Waals surface area contributed by atoms with Crippen molar-refractivity contribution >= 4 is 23.7 Å². The summed E-state index contributed by atoms with van der Waals surface area (Å²) in [5.41, 5.74) is 1.53. The number of nitrogens with zero attached hydrogens (tertiary/aromatic N) is 3. The van der Waals surface area contributed by atoms with Gasteiger partial charge in [0.05, 0.1) is 18.7 Å². The molecule has 0 spiro atoms. The second-order valence-electron chi connectivity index (χ2n) is 8.06. The first-order valence-corrected chi connectivity index (χ1v) is 10.6. The summed E-state index contributed by atoms with van der Waals surface area (Å²) in [6, 6.07) is 7.34. The molecule has 8 heteroatoms. The zero-order chi connectivity index (χ0) is 22.0. The van der Waals surface area contributed by atoms with Crippen LogP contribution in [0.15, 0.2) is 30.5 Å². The van der Waals surface area contributed by atoms with E-state index in [4.69, 9.17) is 4.74 Å². The molecule has 2 aliphatic heterocycles. The van der Waals surface area contributed by atoms with E-state index in [0.29, 0.717) is 61.8 Å². The predicted octanol–water partition coefficient (Wildman–Crippen LogP) is 3.11. The topological polar surface area (TPSA) is 74.8 Å². The summed E-state index contributed by atoms with van der Waals surface area (Å²) in [6.07, 6.45) is 3.14. The number of anilines is 2. The number of pyridine rings is 1. The van der Waals surface area contributed by atoms with Crippen molar-refractivity contribution in [3.63, 3.8) is 0 Å². The van der Waals surface area contributed by atoms with Crippen molar-refractivity contribution in [3.8, 4) is 5.75 Å². The minimum atomic E-state index is -1.30. The number of aldehydes is 1. The van der Waals surface area contributed by atoms with Gasteiger partial charge in [-0.3, -0.25) is 9.59 Å². The zero-order valence-corrected chi connectivity index (χ0v) is 17.9. The minimum absolute atomic E-state index is 0.115. The smallest absolute Gasteiger partial charge is 0.255 e. The van der Waals surface area contributed by atoms with Crippen LogP contribution in [-0.2, 0) is 6.54 Å². The Labute approximate surface area is 181 Å². The second kappa shape index (κ2) is 8.63. The number of carbonyl (C=O) groups is 2. The summed E-state index contributed by atoms with van der Waals surface area (Å²) in [7, 11) is 1.83. The van der Waals surface area contributed by atoms with Gasteiger partial charge in [-0.25, -0.2) is 9.37 Å². The molecule has 0 bridgehead atoms. The normalized spacial score (nSPS) is 20.4. The molecule has 1 aromatic heterocycles. The first-order chi connectivity index (χ1) is 15.0. The third-order valence-electron chi connectivity index (χ3n) is 6.07. The maximum absolute atomic E-state index is 14.6. The Morgan fingerprint density at radius 2 is 2.19 bits per heavy atom. The van der Waals surface area contributed by atoms with Crippen molar-refractivity contribution in [2.75, 3.05) is 38.2 Å². The molecule has 164 valence electrons. The maximum atomic E-state index is 14.6. The van der Waals surface area contributed by atoms with Gasteiger partial charge in [-0.2, -0.15) is 0 Å². The molecule has 1 amide bonds. The molecule has 31 heavy (non-hydrogen) atoms. The molecule has 0 aliphatic carbocycles. The first-order valence-electron chi connectivity index (χ1n) is 10.6. The number of hydrogen-bond donors (Lipinski definition) is 1. The van der Waals surface area contributed by atoms with Crippen LogP contribution in [0.1, 0.15) is 46.0 Å². The number of amides is 1. The van der Waals surface area contributed by atoms with Gasteiger partial charge in [0.25, 0.3) is 5.91 Å². The van der Waals surface area contributed by atoms with Crippen LogP contribution in [0.25, 0.3) is 0 Å². The highest BCUT2D eigenvalue weighted by Gasteiger charge is 2.39. The van der Waals surface area contributed by atoms with Gasteiger partial charge in [0.1, 0.15) is 18.6 Å².